The first kappa shape index (κ1) is 19.5. The fourth-order valence-corrected chi connectivity index (χ4v) is 4.47. The number of amides is 2. The third-order valence-electron chi connectivity index (χ3n) is 3.21. The van der Waals surface area contributed by atoms with Gasteiger partial charge in [0.25, 0.3) is 11.1 Å². The van der Waals surface area contributed by atoms with Gasteiger partial charge in [0.05, 0.1) is 20.5 Å². The maximum absolute atomic E-state index is 12.4. The molecule has 1 aliphatic rings. The third-order valence-corrected chi connectivity index (χ3v) is 5.30. The maximum Gasteiger partial charge on any atom is 0.293 e. The van der Waals surface area contributed by atoms with E-state index in [0.29, 0.717) is 36.8 Å². The molecule has 24 heavy (non-hydrogen) atoms. The molecule has 1 heterocycles. The van der Waals surface area contributed by atoms with Crippen LogP contribution in [0.1, 0.15) is 18.9 Å². The molecule has 1 aromatic rings. The number of methoxy groups -OCH3 is 1. The van der Waals surface area contributed by atoms with Crippen molar-refractivity contribution in [2.24, 2.45) is 0 Å². The number of thioether (sulfide) groups is 1. The van der Waals surface area contributed by atoms with Crippen LogP contribution >= 0.6 is 43.6 Å². The molecule has 0 saturated carbocycles. The van der Waals surface area contributed by atoms with E-state index in [-0.39, 0.29) is 11.1 Å². The van der Waals surface area contributed by atoms with Crippen molar-refractivity contribution < 1.29 is 19.1 Å². The number of carbonyl (C=O) groups is 2. The summed E-state index contributed by atoms with van der Waals surface area (Å²) in [6.45, 7) is 3.34. The molecule has 8 heteroatoms. The van der Waals surface area contributed by atoms with Crippen LogP contribution in [-0.2, 0) is 9.53 Å². The fourth-order valence-electron chi connectivity index (χ4n) is 2.16. The molecule has 0 spiro atoms. The van der Waals surface area contributed by atoms with E-state index in [1.54, 1.807) is 13.2 Å². The van der Waals surface area contributed by atoms with Gasteiger partial charge in [-0.1, -0.05) is 0 Å². The highest BCUT2D eigenvalue weighted by atomic mass is 79.9. The molecule has 130 valence electrons. The number of imide groups is 1. The van der Waals surface area contributed by atoms with Gasteiger partial charge in [-0.2, -0.15) is 0 Å². The molecule has 1 saturated heterocycles. The van der Waals surface area contributed by atoms with Crippen molar-refractivity contribution in [1.29, 1.82) is 0 Å². The van der Waals surface area contributed by atoms with E-state index in [2.05, 4.69) is 31.9 Å². The molecule has 2 amide bonds. The first-order valence-corrected chi connectivity index (χ1v) is 9.74. The highest BCUT2D eigenvalue weighted by Crippen LogP contribution is 2.37. The molecule has 0 aliphatic carbocycles. The molecule has 1 fully saturated rings. The second-order valence-corrected chi connectivity index (χ2v) is 7.63. The lowest BCUT2D eigenvalue weighted by molar-refractivity contribution is -0.122. The van der Waals surface area contributed by atoms with E-state index >= 15 is 0 Å². The molecule has 2 rings (SSSR count). The zero-order valence-corrected chi connectivity index (χ0v) is 17.3. The van der Waals surface area contributed by atoms with Crippen molar-refractivity contribution in [3.8, 4) is 5.75 Å². The van der Waals surface area contributed by atoms with Crippen molar-refractivity contribution in [1.82, 2.24) is 4.90 Å². The summed E-state index contributed by atoms with van der Waals surface area (Å²) in [4.78, 5) is 26.1. The van der Waals surface area contributed by atoms with Crippen LogP contribution in [0, 0.1) is 0 Å². The van der Waals surface area contributed by atoms with Crippen LogP contribution in [-0.4, -0.2) is 42.9 Å². The molecule has 0 N–H and O–H groups in total. The summed E-state index contributed by atoms with van der Waals surface area (Å²) in [7, 11) is 1.59. The van der Waals surface area contributed by atoms with Crippen molar-refractivity contribution in [2.75, 3.05) is 26.9 Å². The van der Waals surface area contributed by atoms with Crippen LogP contribution in [0.2, 0.25) is 0 Å². The topological polar surface area (TPSA) is 55.8 Å². The molecular formula is C16H17Br2NO4S. The Hall–Kier alpha value is -0.830. The number of nitrogens with zero attached hydrogens (tertiary/aromatic N) is 1. The molecule has 0 unspecified atom stereocenters. The van der Waals surface area contributed by atoms with Crippen LogP contribution < -0.4 is 4.74 Å². The van der Waals surface area contributed by atoms with Gasteiger partial charge in [0.15, 0.2) is 0 Å². The van der Waals surface area contributed by atoms with E-state index in [9.17, 15) is 9.59 Å². The number of carbonyl (C=O) groups excluding carboxylic acids is 2. The van der Waals surface area contributed by atoms with Gasteiger partial charge in [0.2, 0.25) is 0 Å². The van der Waals surface area contributed by atoms with Gasteiger partial charge in [0, 0.05) is 20.3 Å². The first-order valence-electron chi connectivity index (χ1n) is 7.34. The van der Waals surface area contributed by atoms with Gasteiger partial charge in [-0.15, -0.1) is 0 Å². The summed E-state index contributed by atoms with van der Waals surface area (Å²) in [5.74, 6) is 0.449. The van der Waals surface area contributed by atoms with E-state index < -0.39 is 0 Å². The molecule has 1 aliphatic heterocycles. The van der Waals surface area contributed by atoms with Crippen LogP contribution in [0.15, 0.2) is 26.0 Å². The highest BCUT2D eigenvalue weighted by Gasteiger charge is 2.34. The summed E-state index contributed by atoms with van der Waals surface area (Å²) in [6.07, 6.45) is 2.34. The standard InChI is InChI=1S/C16H17Br2NO4S/c1-3-23-14-11(17)7-10(8-12(14)18)9-13-15(20)19(16(21)24-13)5-4-6-22-2/h7-9H,3-6H2,1-2H3/b13-9+. The van der Waals surface area contributed by atoms with Crippen molar-refractivity contribution in [3.05, 3.63) is 31.5 Å². The molecule has 0 bridgehead atoms. The van der Waals surface area contributed by atoms with Gasteiger partial charge < -0.3 is 9.47 Å². The predicted octanol–water partition coefficient (Wildman–Crippen LogP) is 4.68. The number of hydrogen-bond acceptors (Lipinski definition) is 5. The van der Waals surface area contributed by atoms with Crippen molar-refractivity contribution in [3.63, 3.8) is 0 Å². The molecule has 5 nitrogen and oxygen atoms in total. The summed E-state index contributed by atoms with van der Waals surface area (Å²) in [5.41, 5.74) is 0.805. The van der Waals surface area contributed by atoms with Gasteiger partial charge in [0.1, 0.15) is 5.75 Å². The Kier molecular flexibility index (Phi) is 7.34. The molecule has 0 atom stereocenters. The molecule has 0 radical (unpaired) electrons. The van der Waals surface area contributed by atoms with Crippen LogP contribution in [0.3, 0.4) is 0 Å². The van der Waals surface area contributed by atoms with E-state index in [4.69, 9.17) is 9.47 Å². The summed E-state index contributed by atoms with van der Waals surface area (Å²) in [6, 6.07) is 3.71. The lowest BCUT2D eigenvalue weighted by atomic mass is 10.2. The maximum atomic E-state index is 12.4. The second-order valence-electron chi connectivity index (χ2n) is 4.93. The van der Waals surface area contributed by atoms with Gasteiger partial charge in [-0.05, 0) is 80.7 Å². The second kappa shape index (κ2) is 9.03. The number of rotatable bonds is 7. The average molecular weight is 479 g/mol. The normalized spacial score (nSPS) is 16.3. The Morgan fingerprint density at radius 1 is 1.25 bits per heavy atom. The minimum absolute atomic E-state index is 0.244. The predicted molar refractivity (Wildman–Crippen MR) is 102 cm³/mol. The quantitative estimate of drug-likeness (QED) is 0.420. The number of hydrogen-bond donors (Lipinski definition) is 0. The lowest BCUT2D eigenvalue weighted by Crippen LogP contribution is -2.29. The van der Waals surface area contributed by atoms with E-state index in [1.807, 2.05) is 19.1 Å². The Morgan fingerprint density at radius 2 is 1.92 bits per heavy atom. The Bertz CT molecular complexity index is 655. The van der Waals surface area contributed by atoms with Crippen LogP contribution in [0.25, 0.3) is 6.08 Å². The smallest absolute Gasteiger partial charge is 0.293 e. The third kappa shape index (κ3) is 4.62. The fraction of sp³-hybridized carbons (Fsp3) is 0.375. The number of ether oxygens (including phenoxy) is 2. The Labute approximate surface area is 162 Å². The van der Waals surface area contributed by atoms with E-state index in [1.165, 1.54) is 4.90 Å². The molecular weight excluding hydrogens is 462 g/mol. The van der Waals surface area contributed by atoms with Gasteiger partial charge >= 0.3 is 0 Å². The van der Waals surface area contributed by atoms with Crippen LogP contribution in [0.5, 0.6) is 5.75 Å². The zero-order chi connectivity index (χ0) is 17.7. The van der Waals surface area contributed by atoms with Gasteiger partial charge in [-0.3, -0.25) is 14.5 Å². The monoisotopic (exact) mass is 477 g/mol. The number of benzene rings is 1. The zero-order valence-electron chi connectivity index (χ0n) is 13.3. The van der Waals surface area contributed by atoms with Crippen molar-refractivity contribution >= 4 is 60.8 Å². The lowest BCUT2D eigenvalue weighted by Gasteiger charge is -2.11. The minimum Gasteiger partial charge on any atom is -0.492 e. The highest BCUT2D eigenvalue weighted by molar-refractivity contribution is 9.11. The van der Waals surface area contributed by atoms with Crippen LogP contribution in [0.4, 0.5) is 4.79 Å². The Morgan fingerprint density at radius 3 is 2.50 bits per heavy atom. The SMILES string of the molecule is CCOc1c(Br)cc(/C=C2/SC(=O)N(CCCOC)C2=O)cc1Br. The average Bonchev–Trinajstić information content (AvgIpc) is 2.78. The largest absolute Gasteiger partial charge is 0.492 e. The van der Waals surface area contributed by atoms with Crippen molar-refractivity contribution in [2.45, 2.75) is 13.3 Å². The molecule has 1 aromatic carbocycles. The first-order chi connectivity index (χ1) is 11.5. The number of halogens is 2. The summed E-state index contributed by atoms with van der Waals surface area (Å²) in [5, 5.41) is -0.244. The van der Waals surface area contributed by atoms with E-state index in [0.717, 1.165) is 26.3 Å². The Balaban J connectivity index is 2.19. The summed E-state index contributed by atoms with van der Waals surface area (Å²) < 4.78 is 12.1. The summed E-state index contributed by atoms with van der Waals surface area (Å²) >= 11 is 7.88. The van der Waals surface area contributed by atoms with Gasteiger partial charge in [-0.25, -0.2) is 0 Å². The minimum atomic E-state index is -0.262. The molecule has 0 aromatic heterocycles.